The standard InChI is InChI=1S/C18H17ClN4O2/c19-14-6-4-13(5-7-14)16-11-23(9-10-24-16)12-17-21-18(22-25-17)15-3-1-2-8-20-15/h1-8,16H,9-12H2. The summed E-state index contributed by atoms with van der Waals surface area (Å²) in [6.45, 7) is 2.84. The van der Waals surface area contributed by atoms with Crippen molar-refractivity contribution in [2.75, 3.05) is 19.7 Å². The Bertz CT molecular complexity index is 823. The van der Waals surface area contributed by atoms with Gasteiger partial charge in [-0.3, -0.25) is 9.88 Å². The fraction of sp³-hybridized carbons (Fsp3) is 0.278. The van der Waals surface area contributed by atoms with E-state index >= 15 is 0 Å². The van der Waals surface area contributed by atoms with Crippen LogP contribution in [0.25, 0.3) is 11.5 Å². The van der Waals surface area contributed by atoms with Crippen molar-refractivity contribution in [1.29, 1.82) is 0 Å². The third-order valence-corrected chi connectivity index (χ3v) is 4.37. The molecule has 1 aliphatic rings. The lowest BCUT2D eigenvalue weighted by Gasteiger charge is -2.32. The number of halogens is 1. The molecule has 1 unspecified atom stereocenters. The molecule has 1 atom stereocenters. The van der Waals surface area contributed by atoms with Gasteiger partial charge in [-0.15, -0.1) is 0 Å². The lowest BCUT2D eigenvalue weighted by Crippen LogP contribution is -2.37. The van der Waals surface area contributed by atoms with Crippen LogP contribution in [0.3, 0.4) is 0 Å². The third kappa shape index (κ3) is 3.87. The Morgan fingerprint density at radius 3 is 2.84 bits per heavy atom. The molecule has 1 saturated heterocycles. The first-order valence-electron chi connectivity index (χ1n) is 8.11. The van der Waals surface area contributed by atoms with Crippen LogP contribution < -0.4 is 0 Å². The highest BCUT2D eigenvalue weighted by molar-refractivity contribution is 6.30. The second kappa shape index (κ2) is 7.31. The molecule has 0 radical (unpaired) electrons. The van der Waals surface area contributed by atoms with E-state index in [9.17, 15) is 0 Å². The van der Waals surface area contributed by atoms with Crippen molar-refractivity contribution < 1.29 is 9.26 Å². The van der Waals surface area contributed by atoms with Crippen molar-refractivity contribution in [2.24, 2.45) is 0 Å². The van der Waals surface area contributed by atoms with Gasteiger partial charge in [0.1, 0.15) is 5.69 Å². The highest BCUT2D eigenvalue weighted by Gasteiger charge is 2.23. The molecular formula is C18H17ClN4O2. The quantitative estimate of drug-likeness (QED) is 0.714. The smallest absolute Gasteiger partial charge is 0.241 e. The normalized spacial score (nSPS) is 18.4. The second-order valence-electron chi connectivity index (χ2n) is 5.87. The molecule has 1 aliphatic heterocycles. The average Bonchev–Trinajstić information content (AvgIpc) is 3.12. The monoisotopic (exact) mass is 356 g/mol. The zero-order chi connectivity index (χ0) is 17.1. The summed E-state index contributed by atoms with van der Waals surface area (Å²) >= 11 is 5.96. The SMILES string of the molecule is Clc1ccc(C2CN(Cc3nc(-c4ccccn4)no3)CCO2)cc1. The minimum Gasteiger partial charge on any atom is -0.371 e. The van der Waals surface area contributed by atoms with Gasteiger partial charge < -0.3 is 9.26 Å². The van der Waals surface area contributed by atoms with E-state index in [2.05, 4.69) is 20.0 Å². The lowest BCUT2D eigenvalue weighted by molar-refractivity contribution is -0.0355. The lowest BCUT2D eigenvalue weighted by atomic mass is 10.1. The first-order chi connectivity index (χ1) is 12.3. The summed E-state index contributed by atoms with van der Waals surface area (Å²) in [5, 5.41) is 4.74. The summed E-state index contributed by atoms with van der Waals surface area (Å²) in [5.74, 6) is 1.09. The van der Waals surface area contributed by atoms with Crippen molar-refractivity contribution in [3.05, 3.63) is 65.1 Å². The third-order valence-electron chi connectivity index (χ3n) is 4.11. The molecule has 0 N–H and O–H groups in total. The fourth-order valence-corrected chi connectivity index (χ4v) is 2.96. The predicted molar refractivity (Wildman–Crippen MR) is 93.0 cm³/mol. The zero-order valence-corrected chi connectivity index (χ0v) is 14.3. The molecular weight excluding hydrogens is 340 g/mol. The molecule has 6 nitrogen and oxygen atoms in total. The summed E-state index contributed by atoms with van der Waals surface area (Å²) in [5.41, 5.74) is 1.83. The first-order valence-corrected chi connectivity index (χ1v) is 8.49. The molecule has 1 fully saturated rings. The number of morpholine rings is 1. The second-order valence-corrected chi connectivity index (χ2v) is 6.31. The summed E-state index contributed by atoms with van der Waals surface area (Å²) in [7, 11) is 0. The average molecular weight is 357 g/mol. The van der Waals surface area contributed by atoms with Crippen LogP contribution in [-0.2, 0) is 11.3 Å². The van der Waals surface area contributed by atoms with Crippen molar-refractivity contribution in [1.82, 2.24) is 20.0 Å². The van der Waals surface area contributed by atoms with E-state index in [1.807, 2.05) is 42.5 Å². The minimum absolute atomic E-state index is 0.0178. The number of nitrogens with zero attached hydrogens (tertiary/aromatic N) is 4. The van der Waals surface area contributed by atoms with Gasteiger partial charge in [0, 0.05) is 24.3 Å². The van der Waals surface area contributed by atoms with Crippen LogP contribution in [0.15, 0.2) is 53.2 Å². The van der Waals surface area contributed by atoms with Gasteiger partial charge >= 0.3 is 0 Å². The molecule has 3 aromatic rings. The number of ether oxygens (including phenoxy) is 1. The minimum atomic E-state index is 0.0178. The molecule has 2 aromatic heterocycles. The van der Waals surface area contributed by atoms with Crippen LogP contribution in [0.5, 0.6) is 0 Å². The molecule has 0 aliphatic carbocycles. The Kier molecular flexibility index (Phi) is 4.74. The van der Waals surface area contributed by atoms with Gasteiger partial charge in [0.15, 0.2) is 0 Å². The van der Waals surface area contributed by atoms with E-state index in [4.69, 9.17) is 20.9 Å². The Balaban J connectivity index is 1.42. The molecule has 25 heavy (non-hydrogen) atoms. The van der Waals surface area contributed by atoms with E-state index in [0.29, 0.717) is 30.6 Å². The molecule has 7 heteroatoms. The number of rotatable bonds is 4. The van der Waals surface area contributed by atoms with Crippen LogP contribution in [0.4, 0.5) is 0 Å². The van der Waals surface area contributed by atoms with Crippen LogP contribution in [0.1, 0.15) is 17.6 Å². The van der Waals surface area contributed by atoms with Crippen molar-refractivity contribution in [3.63, 3.8) is 0 Å². The van der Waals surface area contributed by atoms with Crippen LogP contribution >= 0.6 is 11.6 Å². The van der Waals surface area contributed by atoms with Gasteiger partial charge in [-0.2, -0.15) is 4.98 Å². The van der Waals surface area contributed by atoms with Crippen LogP contribution in [-0.4, -0.2) is 39.7 Å². The van der Waals surface area contributed by atoms with E-state index in [0.717, 1.165) is 23.7 Å². The predicted octanol–water partition coefficient (Wildman–Crippen LogP) is 3.36. The Morgan fingerprint density at radius 1 is 1.16 bits per heavy atom. The molecule has 0 saturated carbocycles. The van der Waals surface area contributed by atoms with E-state index in [1.165, 1.54) is 0 Å². The van der Waals surface area contributed by atoms with Crippen LogP contribution in [0, 0.1) is 0 Å². The Hall–Kier alpha value is -2.28. The van der Waals surface area contributed by atoms with Crippen LogP contribution in [0.2, 0.25) is 5.02 Å². The Morgan fingerprint density at radius 2 is 2.04 bits per heavy atom. The van der Waals surface area contributed by atoms with Gasteiger partial charge in [-0.05, 0) is 29.8 Å². The molecule has 0 amide bonds. The van der Waals surface area contributed by atoms with E-state index in [1.54, 1.807) is 6.20 Å². The molecule has 128 valence electrons. The van der Waals surface area contributed by atoms with Gasteiger partial charge in [0.25, 0.3) is 0 Å². The molecule has 0 spiro atoms. The van der Waals surface area contributed by atoms with Crippen molar-refractivity contribution in [3.8, 4) is 11.5 Å². The van der Waals surface area contributed by atoms with E-state index in [-0.39, 0.29) is 6.10 Å². The van der Waals surface area contributed by atoms with Gasteiger partial charge in [0.2, 0.25) is 11.7 Å². The number of benzene rings is 1. The number of hydrogen-bond acceptors (Lipinski definition) is 6. The fourth-order valence-electron chi connectivity index (χ4n) is 2.83. The number of pyridine rings is 1. The summed E-state index contributed by atoms with van der Waals surface area (Å²) in [6.07, 6.45) is 1.73. The summed E-state index contributed by atoms with van der Waals surface area (Å²) in [6, 6.07) is 13.4. The maximum Gasteiger partial charge on any atom is 0.241 e. The zero-order valence-electron chi connectivity index (χ0n) is 13.5. The molecule has 4 rings (SSSR count). The maximum atomic E-state index is 5.96. The molecule has 0 bridgehead atoms. The summed E-state index contributed by atoms with van der Waals surface area (Å²) in [4.78, 5) is 10.9. The van der Waals surface area contributed by atoms with Gasteiger partial charge in [-0.25, -0.2) is 0 Å². The van der Waals surface area contributed by atoms with Gasteiger partial charge in [-0.1, -0.05) is 35.0 Å². The first kappa shape index (κ1) is 16.2. The maximum absolute atomic E-state index is 5.96. The molecule has 1 aromatic carbocycles. The highest BCUT2D eigenvalue weighted by atomic mass is 35.5. The van der Waals surface area contributed by atoms with Crippen molar-refractivity contribution in [2.45, 2.75) is 12.6 Å². The summed E-state index contributed by atoms with van der Waals surface area (Å²) < 4.78 is 11.3. The topological polar surface area (TPSA) is 64.3 Å². The highest BCUT2D eigenvalue weighted by Crippen LogP contribution is 2.24. The van der Waals surface area contributed by atoms with E-state index < -0.39 is 0 Å². The largest absolute Gasteiger partial charge is 0.371 e. The number of hydrogen-bond donors (Lipinski definition) is 0. The van der Waals surface area contributed by atoms with Crippen molar-refractivity contribution >= 4 is 11.6 Å². The Labute approximate surface area is 150 Å². The molecule has 3 heterocycles. The number of aromatic nitrogens is 3. The van der Waals surface area contributed by atoms with Gasteiger partial charge in [0.05, 0.1) is 19.3 Å².